The topological polar surface area (TPSA) is 75.5 Å². The molecule has 1 atom stereocenters. The summed E-state index contributed by atoms with van der Waals surface area (Å²) >= 11 is 0. The average molecular weight is 447 g/mol. The largest absolute Gasteiger partial charge is 0.357 e. The highest BCUT2D eigenvalue weighted by atomic mass is 16.5. The van der Waals surface area contributed by atoms with Gasteiger partial charge in [-0.05, 0) is 42.8 Å². The molecule has 33 heavy (non-hydrogen) atoms. The lowest BCUT2D eigenvalue weighted by Gasteiger charge is -2.31. The van der Waals surface area contributed by atoms with Crippen LogP contribution in [0.5, 0.6) is 0 Å². The van der Waals surface area contributed by atoms with E-state index < -0.39 is 0 Å². The van der Waals surface area contributed by atoms with E-state index in [1.807, 2.05) is 73.2 Å². The molecule has 174 valence electrons. The minimum atomic E-state index is -0.209. The minimum Gasteiger partial charge on any atom is -0.357 e. The smallest absolute Gasteiger partial charge is 0.153 e. The zero-order valence-corrected chi connectivity index (χ0v) is 19.4. The van der Waals surface area contributed by atoms with Gasteiger partial charge in [-0.25, -0.2) is 0 Å². The van der Waals surface area contributed by atoms with E-state index in [1.165, 1.54) is 0 Å². The Labute approximate surface area is 197 Å². The summed E-state index contributed by atoms with van der Waals surface area (Å²) < 4.78 is 6.32. The first-order chi connectivity index (χ1) is 16.4. The summed E-state index contributed by atoms with van der Waals surface area (Å²) in [5.74, 6) is 0. The number of ether oxygens (including phenoxy) is 1. The number of pyridine rings is 3. The minimum absolute atomic E-state index is 0.209. The highest BCUT2D eigenvalue weighted by Gasteiger charge is 2.21. The monoisotopic (exact) mass is 446 g/mol. The van der Waals surface area contributed by atoms with E-state index in [4.69, 9.17) is 4.74 Å². The van der Waals surface area contributed by atoms with Crippen LogP contribution in [0.2, 0.25) is 0 Å². The van der Waals surface area contributed by atoms with Crippen LogP contribution in [0.15, 0.2) is 78.2 Å². The first kappa shape index (κ1) is 24.6. The molecule has 0 amide bonds. The van der Waals surface area contributed by atoms with E-state index in [0.29, 0.717) is 13.2 Å². The van der Waals surface area contributed by atoms with Crippen LogP contribution in [0.1, 0.15) is 43.1 Å². The zero-order valence-electron chi connectivity index (χ0n) is 19.4. The number of hydrogen-bond donors (Lipinski definition) is 1. The van der Waals surface area contributed by atoms with Crippen molar-refractivity contribution in [2.75, 3.05) is 32.8 Å². The van der Waals surface area contributed by atoms with Crippen LogP contribution in [-0.4, -0.2) is 58.9 Å². The fourth-order valence-electron chi connectivity index (χ4n) is 3.32. The van der Waals surface area contributed by atoms with Gasteiger partial charge in [-0.1, -0.05) is 31.5 Å². The van der Waals surface area contributed by atoms with Gasteiger partial charge in [-0.3, -0.25) is 24.8 Å². The zero-order chi connectivity index (χ0) is 23.0. The average Bonchev–Trinajstić information content (AvgIpc) is 2.88. The summed E-state index contributed by atoms with van der Waals surface area (Å²) in [4.78, 5) is 20.2. The SMILES string of the molecule is CCCCOC(c1ccccn1)N(CCN=Cc1ccccn1)CCNCc1ccccn1. The van der Waals surface area contributed by atoms with Gasteiger partial charge in [-0.15, -0.1) is 0 Å². The third-order valence-electron chi connectivity index (χ3n) is 5.08. The molecule has 3 aromatic heterocycles. The third kappa shape index (κ3) is 9.18. The second-order valence-electron chi connectivity index (χ2n) is 7.66. The van der Waals surface area contributed by atoms with Crippen molar-refractivity contribution in [3.63, 3.8) is 0 Å². The van der Waals surface area contributed by atoms with Crippen LogP contribution in [0.25, 0.3) is 0 Å². The molecule has 1 N–H and O–H groups in total. The van der Waals surface area contributed by atoms with Gasteiger partial charge < -0.3 is 10.1 Å². The maximum atomic E-state index is 6.32. The molecule has 0 saturated carbocycles. The summed E-state index contributed by atoms with van der Waals surface area (Å²) in [6, 6.07) is 17.8. The fraction of sp³-hybridized carbons (Fsp3) is 0.385. The van der Waals surface area contributed by atoms with Crippen LogP contribution in [-0.2, 0) is 11.3 Å². The lowest BCUT2D eigenvalue weighted by Crippen LogP contribution is -2.38. The van der Waals surface area contributed by atoms with E-state index in [9.17, 15) is 0 Å². The Kier molecular flexibility index (Phi) is 11.2. The van der Waals surface area contributed by atoms with Crippen molar-refractivity contribution in [3.05, 3.63) is 90.3 Å². The predicted molar refractivity (Wildman–Crippen MR) is 132 cm³/mol. The van der Waals surface area contributed by atoms with Gasteiger partial charge in [0.2, 0.25) is 0 Å². The van der Waals surface area contributed by atoms with Crippen molar-refractivity contribution in [2.24, 2.45) is 4.99 Å². The number of nitrogens with one attached hydrogen (secondary N) is 1. The van der Waals surface area contributed by atoms with Gasteiger partial charge in [0.15, 0.2) is 6.23 Å². The second-order valence-corrected chi connectivity index (χ2v) is 7.66. The standard InChI is InChI=1S/C26H34N6O/c1-2-3-20-33-26(25-12-6-9-15-31-25)32(18-16-27-21-23-10-4-7-13-29-23)19-17-28-22-24-11-5-8-14-30-24/h4-15,21,26,28H,2-3,16-20,22H2,1H3. The van der Waals surface area contributed by atoms with Crippen LogP contribution in [0.4, 0.5) is 0 Å². The Morgan fingerprint density at radius 3 is 2.45 bits per heavy atom. The maximum absolute atomic E-state index is 6.32. The second kappa shape index (κ2) is 14.9. The number of unbranched alkanes of at least 4 members (excludes halogenated alkanes) is 1. The molecule has 3 rings (SSSR count). The molecule has 1 unspecified atom stereocenters. The normalized spacial score (nSPS) is 12.4. The number of nitrogens with zero attached hydrogens (tertiary/aromatic N) is 5. The van der Waals surface area contributed by atoms with Gasteiger partial charge in [0.1, 0.15) is 0 Å². The van der Waals surface area contributed by atoms with E-state index >= 15 is 0 Å². The molecule has 0 radical (unpaired) electrons. The number of rotatable bonds is 15. The predicted octanol–water partition coefficient (Wildman–Crippen LogP) is 3.90. The fourth-order valence-corrected chi connectivity index (χ4v) is 3.32. The van der Waals surface area contributed by atoms with Gasteiger partial charge in [0, 0.05) is 57.6 Å². The molecule has 7 nitrogen and oxygen atoms in total. The first-order valence-corrected chi connectivity index (χ1v) is 11.6. The molecule has 0 saturated heterocycles. The van der Waals surface area contributed by atoms with Crippen molar-refractivity contribution in [1.82, 2.24) is 25.2 Å². The van der Waals surface area contributed by atoms with Crippen molar-refractivity contribution >= 4 is 6.21 Å². The Morgan fingerprint density at radius 1 is 0.970 bits per heavy atom. The summed E-state index contributed by atoms with van der Waals surface area (Å²) in [6.07, 6.45) is 9.15. The Balaban J connectivity index is 1.63. The molecule has 0 aliphatic heterocycles. The number of hydrogen-bond acceptors (Lipinski definition) is 7. The van der Waals surface area contributed by atoms with Gasteiger partial charge in [-0.2, -0.15) is 0 Å². The lowest BCUT2D eigenvalue weighted by atomic mass is 10.2. The summed E-state index contributed by atoms with van der Waals surface area (Å²) in [5, 5.41) is 3.49. The van der Waals surface area contributed by atoms with Crippen LogP contribution in [0.3, 0.4) is 0 Å². The molecule has 0 aromatic carbocycles. The van der Waals surface area contributed by atoms with Gasteiger partial charge in [0.25, 0.3) is 0 Å². The molecule has 3 aromatic rings. The van der Waals surface area contributed by atoms with Crippen molar-refractivity contribution < 1.29 is 4.74 Å². The molecule has 0 fully saturated rings. The molecule has 7 heteroatoms. The number of aromatic nitrogens is 3. The quantitative estimate of drug-likeness (QED) is 0.217. The number of aliphatic imine (C=N–C) groups is 1. The van der Waals surface area contributed by atoms with Crippen molar-refractivity contribution in [1.29, 1.82) is 0 Å². The summed E-state index contributed by atoms with van der Waals surface area (Å²) in [6.45, 7) is 6.62. The highest BCUT2D eigenvalue weighted by Crippen LogP contribution is 2.20. The van der Waals surface area contributed by atoms with E-state index in [1.54, 1.807) is 6.20 Å². The summed E-state index contributed by atoms with van der Waals surface area (Å²) in [7, 11) is 0. The first-order valence-electron chi connectivity index (χ1n) is 11.6. The molecule has 0 aliphatic carbocycles. The van der Waals surface area contributed by atoms with Crippen molar-refractivity contribution in [3.8, 4) is 0 Å². The molecule has 0 spiro atoms. The summed E-state index contributed by atoms with van der Waals surface area (Å²) in [5.41, 5.74) is 2.82. The van der Waals surface area contributed by atoms with E-state index in [-0.39, 0.29) is 6.23 Å². The van der Waals surface area contributed by atoms with Gasteiger partial charge in [0.05, 0.1) is 23.6 Å². The highest BCUT2D eigenvalue weighted by molar-refractivity contribution is 5.76. The van der Waals surface area contributed by atoms with Crippen LogP contribution < -0.4 is 5.32 Å². The van der Waals surface area contributed by atoms with E-state index in [2.05, 4.69) is 37.1 Å². The molecular formula is C26H34N6O. The Bertz CT molecular complexity index is 908. The van der Waals surface area contributed by atoms with Gasteiger partial charge >= 0.3 is 0 Å². The van der Waals surface area contributed by atoms with Crippen LogP contribution in [0, 0.1) is 0 Å². The maximum Gasteiger partial charge on any atom is 0.153 e. The molecule has 3 heterocycles. The van der Waals surface area contributed by atoms with E-state index in [0.717, 1.165) is 56.1 Å². The molecule has 0 aliphatic rings. The lowest BCUT2D eigenvalue weighted by molar-refractivity contribution is -0.0644. The Hall–Kier alpha value is -3.00. The Morgan fingerprint density at radius 2 is 1.76 bits per heavy atom. The molecule has 0 bridgehead atoms. The van der Waals surface area contributed by atoms with Crippen molar-refractivity contribution in [2.45, 2.75) is 32.5 Å². The van der Waals surface area contributed by atoms with Crippen LogP contribution >= 0.6 is 0 Å². The third-order valence-corrected chi connectivity index (χ3v) is 5.08. The molecular weight excluding hydrogens is 412 g/mol.